The lowest BCUT2D eigenvalue weighted by atomic mass is 10.0. The van der Waals surface area contributed by atoms with E-state index in [1.165, 1.54) is 22.9 Å². The number of likely N-dealkylation sites (tertiary alicyclic amines) is 1. The predicted molar refractivity (Wildman–Crippen MR) is 126 cm³/mol. The molecule has 0 aliphatic carbocycles. The van der Waals surface area contributed by atoms with Crippen molar-refractivity contribution in [2.75, 3.05) is 26.7 Å². The van der Waals surface area contributed by atoms with Crippen LogP contribution in [0.5, 0.6) is 5.75 Å². The van der Waals surface area contributed by atoms with Gasteiger partial charge in [0.25, 0.3) is 0 Å². The Hall–Kier alpha value is -2.37. The van der Waals surface area contributed by atoms with Crippen LogP contribution in [-0.2, 0) is 11.2 Å². The van der Waals surface area contributed by atoms with Gasteiger partial charge in [0, 0.05) is 23.2 Å². The van der Waals surface area contributed by atoms with E-state index in [1.54, 1.807) is 23.5 Å². The highest BCUT2D eigenvalue weighted by atomic mass is 32.1. The van der Waals surface area contributed by atoms with Crippen molar-refractivity contribution in [2.45, 2.75) is 39.2 Å². The van der Waals surface area contributed by atoms with Crippen molar-refractivity contribution in [3.8, 4) is 5.75 Å². The molecule has 30 heavy (non-hydrogen) atoms. The summed E-state index contributed by atoms with van der Waals surface area (Å²) in [5.74, 6) is 0.355. The van der Waals surface area contributed by atoms with Gasteiger partial charge in [-0.2, -0.15) is 0 Å². The van der Waals surface area contributed by atoms with Crippen LogP contribution in [0.15, 0.2) is 54.6 Å². The number of likely N-dealkylation sites (N-methyl/N-ethyl adjacent to an activating group) is 1. The van der Waals surface area contributed by atoms with Crippen molar-refractivity contribution in [1.82, 2.24) is 9.80 Å². The predicted octanol–water partition coefficient (Wildman–Crippen LogP) is 5.47. The second-order valence-electron chi connectivity index (χ2n) is 7.55. The number of benzene rings is 2. The number of hydrogen-bond acceptors (Lipinski definition) is 4. The summed E-state index contributed by atoms with van der Waals surface area (Å²) in [7, 11) is 1.89. The van der Waals surface area contributed by atoms with Crippen LogP contribution >= 0.6 is 11.3 Å². The van der Waals surface area contributed by atoms with Gasteiger partial charge in [-0.25, -0.2) is 0 Å². The van der Waals surface area contributed by atoms with Crippen LogP contribution in [-0.4, -0.2) is 47.5 Å². The average Bonchev–Trinajstić information content (AvgIpc) is 3.42. The average molecular weight is 425 g/mol. The van der Waals surface area contributed by atoms with E-state index < -0.39 is 0 Å². The van der Waals surface area contributed by atoms with E-state index in [-0.39, 0.29) is 17.7 Å². The van der Waals surface area contributed by atoms with Crippen molar-refractivity contribution in [3.63, 3.8) is 0 Å². The summed E-state index contributed by atoms with van der Waals surface area (Å²) in [6.45, 7) is 6.96. The number of fused-ring (bicyclic) bond motifs is 1. The van der Waals surface area contributed by atoms with Crippen LogP contribution in [0.2, 0.25) is 0 Å². The molecule has 1 atom stereocenters. The fraction of sp³-hybridized carbons (Fsp3) is 0.400. The maximum atomic E-state index is 13.1. The zero-order valence-electron chi connectivity index (χ0n) is 18.2. The van der Waals surface area contributed by atoms with Crippen molar-refractivity contribution in [3.05, 3.63) is 65.0 Å². The third kappa shape index (κ3) is 5.41. The van der Waals surface area contributed by atoms with Gasteiger partial charge in [-0.1, -0.05) is 44.2 Å². The fourth-order valence-electron chi connectivity index (χ4n) is 3.96. The normalized spacial score (nSPS) is 14.9. The zero-order chi connectivity index (χ0) is 21.5. The van der Waals surface area contributed by atoms with Crippen LogP contribution in [0.4, 0.5) is 0 Å². The van der Waals surface area contributed by atoms with Gasteiger partial charge in [0.1, 0.15) is 5.75 Å². The molecule has 0 saturated carbocycles. The maximum absolute atomic E-state index is 13.1. The van der Waals surface area contributed by atoms with E-state index in [2.05, 4.69) is 23.1 Å². The largest absolute Gasteiger partial charge is 0.508 e. The smallest absolute Gasteiger partial charge is 0.228 e. The molecule has 0 unspecified atom stereocenters. The van der Waals surface area contributed by atoms with E-state index in [0.29, 0.717) is 6.42 Å². The van der Waals surface area contributed by atoms with E-state index in [1.807, 2.05) is 50.1 Å². The van der Waals surface area contributed by atoms with Crippen LogP contribution in [0.1, 0.15) is 43.2 Å². The number of amides is 1. The Bertz CT molecular complexity index is 929. The summed E-state index contributed by atoms with van der Waals surface area (Å²) in [4.78, 5) is 18.5. The van der Waals surface area contributed by atoms with Crippen molar-refractivity contribution >= 4 is 27.3 Å². The molecule has 1 N–H and O–H groups in total. The van der Waals surface area contributed by atoms with Crippen LogP contribution < -0.4 is 0 Å². The molecule has 4 nitrogen and oxygen atoms in total. The third-order valence-corrected chi connectivity index (χ3v) is 6.66. The summed E-state index contributed by atoms with van der Waals surface area (Å²) < 4.78 is 1.22. The highest BCUT2D eigenvalue weighted by molar-refractivity contribution is 7.19. The monoisotopic (exact) mass is 424 g/mol. The number of phenolic OH excluding ortho intramolecular Hbond substituents is 1. The van der Waals surface area contributed by atoms with Gasteiger partial charge in [-0.3, -0.25) is 4.79 Å². The second kappa shape index (κ2) is 10.6. The number of rotatable bonds is 6. The molecule has 0 bridgehead atoms. The topological polar surface area (TPSA) is 43.8 Å². The molecule has 160 valence electrons. The number of carbonyl (C=O) groups excluding carboxylic acids is 1. The van der Waals surface area contributed by atoms with Gasteiger partial charge < -0.3 is 14.9 Å². The molecular weight excluding hydrogens is 392 g/mol. The number of hydrogen-bond donors (Lipinski definition) is 1. The molecule has 5 heteroatoms. The van der Waals surface area contributed by atoms with E-state index in [9.17, 15) is 9.90 Å². The first-order chi connectivity index (χ1) is 14.6. The van der Waals surface area contributed by atoms with Crippen LogP contribution in [0.3, 0.4) is 0 Å². The number of thiophene rings is 1. The fourth-order valence-corrected chi connectivity index (χ4v) is 5.02. The standard InChI is InChI=1S/C23H26N2O2S.C2H6/c1-24(23(27)15-20-14-18-7-2-3-10-22(18)28-20)21(16-25-11-4-5-12-25)17-8-6-9-19(26)13-17;1-2/h2-3,6-10,13-14,21,26H,4-5,11-12,15-16H2,1H3;1-2H3/t21-;/m1./s1. The summed E-state index contributed by atoms with van der Waals surface area (Å²) in [5, 5.41) is 11.1. The summed E-state index contributed by atoms with van der Waals surface area (Å²) in [6.07, 6.45) is 2.84. The molecule has 2 heterocycles. The molecule has 4 rings (SSSR count). The molecule has 1 aromatic heterocycles. The lowest BCUT2D eigenvalue weighted by molar-refractivity contribution is -0.131. The first kappa shape index (κ1) is 22.3. The van der Waals surface area contributed by atoms with E-state index in [4.69, 9.17) is 0 Å². The molecule has 0 spiro atoms. The van der Waals surface area contributed by atoms with Crippen molar-refractivity contribution in [1.29, 1.82) is 0 Å². The molecule has 1 aliphatic rings. The highest BCUT2D eigenvalue weighted by Crippen LogP contribution is 2.29. The Morgan fingerprint density at radius 3 is 2.53 bits per heavy atom. The number of carbonyl (C=O) groups is 1. The van der Waals surface area contributed by atoms with E-state index >= 15 is 0 Å². The van der Waals surface area contributed by atoms with Gasteiger partial charge in [-0.05, 0) is 61.1 Å². The number of nitrogens with zero attached hydrogens (tertiary/aromatic N) is 2. The Morgan fingerprint density at radius 1 is 1.10 bits per heavy atom. The minimum absolute atomic E-state index is 0.0629. The van der Waals surface area contributed by atoms with Gasteiger partial charge in [0.05, 0.1) is 12.5 Å². The van der Waals surface area contributed by atoms with Gasteiger partial charge >= 0.3 is 0 Å². The maximum Gasteiger partial charge on any atom is 0.228 e. The molecule has 1 fully saturated rings. The number of phenols is 1. The summed E-state index contributed by atoms with van der Waals surface area (Å²) in [6, 6.07) is 17.6. The Kier molecular flexibility index (Phi) is 7.88. The van der Waals surface area contributed by atoms with Crippen LogP contribution in [0.25, 0.3) is 10.1 Å². The lowest BCUT2D eigenvalue weighted by Gasteiger charge is -2.32. The molecule has 0 radical (unpaired) electrons. The SMILES string of the molecule is CC.CN(C(=O)Cc1cc2ccccc2s1)[C@H](CN1CCCC1)c1cccc(O)c1. The summed E-state index contributed by atoms with van der Waals surface area (Å²) in [5.41, 5.74) is 0.985. The van der Waals surface area contributed by atoms with E-state index in [0.717, 1.165) is 30.1 Å². The third-order valence-electron chi connectivity index (χ3n) is 5.55. The minimum atomic E-state index is -0.0629. The Balaban J connectivity index is 0.00000124. The minimum Gasteiger partial charge on any atom is -0.508 e. The zero-order valence-corrected chi connectivity index (χ0v) is 19.0. The molecule has 1 aliphatic heterocycles. The van der Waals surface area contributed by atoms with Gasteiger partial charge in [0.15, 0.2) is 0 Å². The molecular formula is C25H32N2O2S. The van der Waals surface area contributed by atoms with Gasteiger partial charge in [0.2, 0.25) is 5.91 Å². The molecule has 1 amide bonds. The number of aromatic hydroxyl groups is 1. The first-order valence-corrected chi connectivity index (χ1v) is 11.7. The lowest BCUT2D eigenvalue weighted by Crippen LogP contribution is -2.39. The van der Waals surface area contributed by atoms with Crippen LogP contribution in [0, 0.1) is 0 Å². The van der Waals surface area contributed by atoms with Crippen molar-refractivity contribution in [2.24, 2.45) is 0 Å². The molecule has 2 aromatic carbocycles. The second-order valence-corrected chi connectivity index (χ2v) is 8.72. The van der Waals surface area contributed by atoms with Crippen molar-refractivity contribution < 1.29 is 9.90 Å². The molecule has 1 saturated heterocycles. The Labute approximate surface area is 183 Å². The highest BCUT2D eigenvalue weighted by Gasteiger charge is 2.26. The Morgan fingerprint density at radius 2 is 1.83 bits per heavy atom. The first-order valence-electron chi connectivity index (χ1n) is 10.8. The van der Waals surface area contributed by atoms with Gasteiger partial charge in [-0.15, -0.1) is 11.3 Å². The molecule has 3 aromatic rings. The summed E-state index contributed by atoms with van der Waals surface area (Å²) >= 11 is 1.69. The quantitative estimate of drug-likeness (QED) is 0.570.